The molecule has 1 amide bonds. The number of para-hydroxylation sites is 1. The molecule has 0 spiro atoms. The van der Waals surface area contributed by atoms with E-state index in [1.165, 1.54) is 12.1 Å². The molecule has 24 heavy (non-hydrogen) atoms. The Morgan fingerprint density at radius 3 is 2.46 bits per heavy atom. The van der Waals surface area contributed by atoms with E-state index in [4.69, 9.17) is 4.74 Å². The molecule has 0 saturated heterocycles. The standard InChI is InChI=1S/C15H19FN2O6/c1-15(2,3)24-14(20)17(9-12(19)23-4)8-10-6-5-7-11(16)13(10)18(21)22/h5-7H,8-9H2,1-4H3. The average molecular weight is 342 g/mol. The number of esters is 1. The van der Waals surface area contributed by atoms with Crippen LogP contribution in [0.1, 0.15) is 26.3 Å². The molecule has 0 bridgehead atoms. The van der Waals surface area contributed by atoms with Crippen LogP contribution in [-0.4, -0.2) is 41.1 Å². The Kier molecular flexibility index (Phi) is 6.21. The summed E-state index contributed by atoms with van der Waals surface area (Å²) in [6, 6.07) is 3.53. The number of benzene rings is 1. The Morgan fingerprint density at radius 1 is 1.33 bits per heavy atom. The van der Waals surface area contributed by atoms with E-state index < -0.39 is 40.6 Å². The van der Waals surface area contributed by atoms with Gasteiger partial charge in [-0.25, -0.2) is 4.79 Å². The molecule has 1 aromatic carbocycles. The first-order chi connectivity index (χ1) is 11.0. The smallest absolute Gasteiger partial charge is 0.411 e. The highest BCUT2D eigenvalue weighted by atomic mass is 19.1. The number of rotatable bonds is 5. The summed E-state index contributed by atoms with van der Waals surface area (Å²) in [6.07, 6.45) is -0.869. The third kappa shape index (κ3) is 5.49. The molecule has 0 aromatic heterocycles. The van der Waals surface area contributed by atoms with Crippen molar-refractivity contribution in [2.24, 2.45) is 0 Å². The van der Waals surface area contributed by atoms with E-state index in [-0.39, 0.29) is 12.1 Å². The van der Waals surface area contributed by atoms with E-state index in [0.29, 0.717) is 0 Å². The summed E-state index contributed by atoms with van der Waals surface area (Å²) in [5.74, 6) is -1.76. The van der Waals surface area contributed by atoms with Crippen LogP contribution in [0, 0.1) is 15.9 Å². The summed E-state index contributed by atoms with van der Waals surface area (Å²) >= 11 is 0. The summed E-state index contributed by atoms with van der Waals surface area (Å²) in [5, 5.41) is 11.0. The second-order valence-electron chi connectivity index (χ2n) is 5.92. The van der Waals surface area contributed by atoms with Crippen LogP contribution >= 0.6 is 0 Å². The number of nitrogens with zero attached hydrogens (tertiary/aromatic N) is 2. The van der Waals surface area contributed by atoms with Crippen molar-refractivity contribution in [2.75, 3.05) is 13.7 Å². The van der Waals surface area contributed by atoms with E-state index >= 15 is 0 Å². The number of carbonyl (C=O) groups is 2. The zero-order valence-corrected chi connectivity index (χ0v) is 13.9. The first-order valence-corrected chi connectivity index (χ1v) is 7.01. The maximum atomic E-state index is 13.7. The molecular formula is C15H19FN2O6. The zero-order chi connectivity index (χ0) is 18.5. The third-order valence-corrected chi connectivity index (χ3v) is 2.81. The minimum atomic E-state index is -1.03. The van der Waals surface area contributed by atoms with Crippen molar-refractivity contribution in [1.29, 1.82) is 0 Å². The van der Waals surface area contributed by atoms with Crippen LogP contribution in [0.25, 0.3) is 0 Å². The number of carbonyl (C=O) groups excluding carboxylic acids is 2. The number of amides is 1. The summed E-state index contributed by atoms with van der Waals surface area (Å²) in [6.45, 7) is 4.03. The number of methoxy groups -OCH3 is 1. The number of hydrogen-bond donors (Lipinski definition) is 0. The lowest BCUT2D eigenvalue weighted by Crippen LogP contribution is -2.39. The van der Waals surface area contributed by atoms with Gasteiger partial charge in [-0.3, -0.25) is 19.8 Å². The predicted molar refractivity (Wildman–Crippen MR) is 81.7 cm³/mol. The Hall–Kier alpha value is -2.71. The van der Waals surface area contributed by atoms with E-state index in [1.54, 1.807) is 20.8 Å². The van der Waals surface area contributed by atoms with Gasteiger partial charge in [0.1, 0.15) is 12.1 Å². The number of halogens is 1. The van der Waals surface area contributed by atoms with Gasteiger partial charge in [0.15, 0.2) is 0 Å². The molecule has 0 fully saturated rings. The van der Waals surface area contributed by atoms with E-state index in [2.05, 4.69) is 4.74 Å². The third-order valence-electron chi connectivity index (χ3n) is 2.81. The highest BCUT2D eigenvalue weighted by molar-refractivity contribution is 5.78. The van der Waals surface area contributed by atoms with Crippen molar-refractivity contribution in [2.45, 2.75) is 32.9 Å². The van der Waals surface area contributed by atoms with E-state index in [9.17, 15) is 24.1 Å². The number of hydrogen-bond acceptors (Lipinski definition) is 6. The zero-order valence-electron chi connectivity index (χ0n) is 13.9. The first-order valence-electron chi connectivity index (χ1n) is 7.01. The number of ether oxygens (including phenoxy) is 2. The number of nitro benzene ring substituents is 1. The predicted octanol–water partition coefficient (Wildman–Crippen LogP) is 2.64. The lowest BCUT2D eigenvalue weighted by molar-refractivity contribution is -0.388. The molecule has 0 aliphatic carbocycles. The van der Waals surface area contributed by atoms with Crippen LogP contribution in [0.2, 0.25) is 0 Å². The quantitative estimate of drug-likeness (QED) is 0.463. The summed E-state index contributed by atoms with van der Waals surface area (Å²) in [7, 11) is 1.14. The fourth-order valence-corrected chi connectivity index (χ4v) is 1.83. The van der Waals surface area contributed by atoms with Gasteiger partial charge >= 0.3 is 17.7 Å². The van der Waals surface area contributed by atoms with Gasteiger partial charge in [0.25, 0.3) is 0 Å². The maximum Gasteiger partial charge on any atom is 0.411 e. The van der Waals surface area contributed by atoms with Crippen molar-refractivity contribution in [1.82, 2.24) is 4.90 Å². The molecule has 0 saturated carbocycles. The first kappa shape index (κ1) is 19.3. The van der Waals surface area contributed by atoms with Gasteiger partial charge < -0.3 is 9.47 Å². The minimum absolute atomic E-state index is 0.0604. The molecule has 0 unspecified atom stereocenters. The molecule has 132 valence electrons. The monoisotopic (exact) mass is 342 g/mol. The van der Waals surface area contributed by atoms with Crippen LogP contribution in [0.15, 0.2) is 18.2 Å². The largest absolute Gasteiger partial charge is 0.468 e. The lowest BCUT2D eigenvalue weighted by Gasteiger charge is -2.26. The van der Waals surface area contributed by atoms with Gasteiger partial charge in [0, 0.05) is 0 Å². The molecule has 0 aliphatic heterocycles. The van der Waals surface area contributed by atoms with Gasteiger partial charge in [0.2, 0.25) is 5.82 Å². The molecule has 1 aromatic rings. The van der Waals surface area contributed by atoms with Crippen LogP contribution in [-0.2, 0) is 20.8 Å². The molecule has 0 atom stereocenters. The summed E-state index contributed by atoms with van der Waals surface area (Å²) in [5.41, 5.74) is -1.65. The number of nitro groups is 1. The fourth-order valence-electron chi connectivity index (χ4n) is 1.83. The fraction of sp³-hybridized carbons (Fsp3) is 0.467. The highest BCUT2D eigenvalue weighted by Crippen LogP contribution is 2.24. The van der Waals surface area contributed by atoms with Crippen LogP contribution in [0.3, 0.4) is 0 Å². The van der Waals surface area contributed by atoms with Crippen LogP contribution in [0.4, 0.5) is 14.9 Å². The molecule has 0 radical (unpaired) electrons. The van der Waals surface area contributed by atoms with Gasteiger partial charge in [-0.1, -0.05) is 12.1 Å². The van der Waals surface area contributed by atoms with Crippen molar-refractivity contribution >= 4 is 17.7 Å². The van der Waals surface area contributed by atoms with Crippen molar-refractivity contribution in [3.05, 3.63) is 39.7 Å². The molecule has 8 nitrogen and oxygen atoms in total. The van der Waals surface area contributed by atoms with Gasteiger partial charge in [-0.05, 0) is 26.8 Å². The minimum Gasteiger partial charge on any atom is -0.468 e. The van der Waals surface area contributed by atoms with Crippen molar-refractivity contribution in [3.8, 4) is 0 Å². The Bertz CT molecular complexity index is 641. The SMILES string of the molecule is COC(=O)CN(Cc1cccc(F)c1[N+](=O)[O-])C(=O)OC(C)(C)C. The molecule has 0 N–H and O–H groups in total. The lowest BCUT2D eigenvalue weighted by atomic mass is 10.1. The Balaban J connectivity index is 3.14. The van der Waals surface area contributed by atoms with Crippen LogP contribution in [0.5, 0.6) is 0 Å². The molecule has 0 heterocycles. The highest BCUT2D eigenvalue weighted by Gasteiger charge is 2.28. The average Bonchev–Trinajstić information content (AvgIpc) is 2.44. The molecule has 1 rings (SSSR count). The van der Waals surface area contributed by atoms with Crippen LogP contribution < -0.4 is 0 Å². The van der Waals surface area contributed by atoms with E-state index in [0.717, 1.165) is 18.1 Å². The normalized spacial score (nSPS) is 10.9. The van der Waals surface area contributed by atoms with Gasteiger partial charge in [-0.15, -0.1) is 0 Å². The van der Waals surface area contributed by atoms with Gasteiger partial charge in [0.05, 0.1) is 24.1 Å². The Labute approximate surface area is 138 Å². The van der Waals surface area contributed by atoms with Crippen molar-refractivity contribution < 1.29 is 28.4 Å². The molecule has 9 heteroatoms. The summed E-state index contributed by atoms with van der Waals surface area (Å²) in [4.78, 5) is 34.8. The molecule has 0 aliphatic rings. The van der Waals surface area contributed by atoms with Crippen molar-refractivity contribution in [3.63, 3.8) is 0 Å². The van der Waals surface area contributed by atoms with Gasteiger partial charge in [-0.2, -0.15) is 4.39 Å². The van der Waals surface area contributed by atoms with E-state index in [1.807, 2.05) is 0 Å². The maximum absolute atomic E-state index is 13.7. The second kappa shape index (κ2) is 7.71. The second-order valence-corrected chi connectivity index (χ2v) is 5.92. The Morgan fingerprint density at radius 2 is 1.96 bits per heavy atom. The molecular weight excluding hydrogens is 323 g/mol. The topological polar surface area (TPSA) is 99.0 Å². The summed E-state index contributed by atoms with van der Waals surface area (Å²) < 4.78 is 23.4.